The van der Waals surface area contributed by atoms with Crippen molar-refractivity contribution in [3.8, 4) is 28.5 Å². The molecule has 2 aromatic heterocycles. The van der Waals surface area contributed by atoms with E-state index in [2.05, 4.69) is 25.8 Å². The van der Waals surface area contributed by atoms with Crippen LogP contribution in [0, 0.1) is 18.6 Å². The van der Waals surface area contributed by atoms with E-state index in [4.69, 9.17) is 4.42 Å². The van der Waals surface area contributed by atoms with Gasteiger partial charge in [0.15, 0.2) is 11.6 Å². The Balaban J connectivity index is 1.46. The minimum absolute atomic E-state index is 0.0494. The standard InChI is InChI=1S/C24H16F2N6O2/c1-14-29-30-31-32(14)15-10-11-20(26)21(12-15)28-23(33)16-6-2-3-7-17(16)24-27-13-22(34-24)18-8-4-5-9-19(18)25/h2-13H,1H3,(H,28,33). The van der Waals surface area contributed by atoms with Crippen molar-refractivity contribution in [2.75, 3.05) is 5.32 Å². The third-order valence-corrected chi connectivity index (χ3v) is 5.12. The number of aromatic nitrogens is 5. The average Bonchev–Trinajstić information content (AvgIpc) is 3.50. The molecule has 5 aromatic rings. The molecule has 0 saturated carbocycles. The lowest BCUT2D eigenvalue weighted by Gasteiger charge is -2.11. The fourth-order valence-electron chi connectivity index (χ4n) is 3.45. The van der Waals surface area contributed by atoms with Gasteiger partial charge >= 0.3 is 0 Å². The van der Waals surface area contributed by atoms with E-state index in [0.29, 0.717) is 17.1 Å². The minimum Gasteiger partial charge on any atom is -0.436 e. The fourth-order valence-corrected chi connectivity index (χ4v) is 3.45. The first kappa shape index (κ1) is 21.1. The van der Waals surface area contributed by atoms with Crippen LogP contribution in [0.5, 0.6) is 0 Å². The molecule has 2 heterocycles. The second-order valence-corrected chi connectivity index (χ2v) is 7.31. The van der Waals surface area contributed by atoms with Crippen molar-refractivity contribution in [2.24, 2.45) is 0 Å². The summed E-state index contributed by atoms with van der Waals surface area (Å²) < 4.78 is 35.8. The molecule has 1 amide bonds. The van der Waals surface area contributed by atoms with Gasteiger partial charge in [0.05, 0.1) is 28.7 Å². The lowest BCUT2D eigenvalue weighted by atomic mass is 10.1. The summed E-state index contributed by atoms with van der Waals surface area (Å²) in [5.41, 5.74) is 1.25. The van der Waals surface area contributed by atoms with Crippen LogP contribution in [-0.4, -0.2) is 31.1 Å². The molecule has 0 unspecified atom stereocenters. The molecule has 34 heavy (non-hydrogen) atoms. The number of tetrazole rings is 1. The Morgan fingerprint density at radius 2 is 1.74 bits per heavy atom. The van der Waals surface area contributed by atoms with Crippen molar-refractivity contribution in [3.63, 3.8) is 0 Å². The number of aryl methyl sites for hydroxylation is 1. The lowest BCUT2D eigenvalue weighted by Crippen LogP contribution is -2.15. The SMILES string of the molecule is Cc1nnnn1-c1ccc(F)c(NC(=O)c2ccccc2-c2ncc(-c3ccccc3F)o2)c1. The predicted octanol–water partition coefficient (Wildman–Crippen LogP) is 4.82. The van der Waals surface area contributed by atoms with E-state index < -0.39 is 17.5 Å². The Morgan fingerprint density at radius 1 is 0.971 bits per heavy atom. The van der Waals surface area contributed by atoms with Gasteiger partial charge in [0.1, 0.15) is 11.6 Å². The number of hydrogen-bond acceptors (Lipinski definition) is 6. The third kappa shape index (κ3) is 3.92. The number of halogens is 2. The van der Waals surface area contributed by atoms with Crippen molar-refractivity contribution in [2.45, 2.75) is 6.92 Å². The zero-order valence-corrected chi connectivity index (χ0v) is 17.7. The normalized spacial score (nSPS) is 10.9. The summed E-state index contributed by atoms with van der Waals surface area (Å²) in [7, 11) is 0. The van der Waals surface area contributed by atoms with E-state index in [1.807, 2.05) is 0 Å². The van der Waals surface area contributed by atoms with Crippen molar-refractivity contribution < 1.29 is 18.0 Å². The van der Waals surface area contributed by atoms with Gasteiger partial charge in [-0.15, -0.1) is 5.10 Å². The number of carbonyl (C=O) groups is 1. The monoisotopic (exact) mass is 458 g/mol. The number of amides is 1. The highest BCUT2D eigenvalue weighted by molar-refractivity contribution is 6.08. The van der Waals surface area contributed by atoms with Gasteiger partial charge < -0.3 is 9.73 Å². The smallest absolute Gasteiger partial charge is 0.256 e. The van der Waals surface area contributed by atoms with Gasteiger partial charge in [-0.05, 0) is 59.8 Å². The molecule has 0 radical (unpaired) electrons. The van der Waals surface area contributed by atoms with E-state index in [9.17, 15) is 13.6 Å². The maximum atomic E-state index is 14.5. The average molecular weight is 458 g/mol. The molecule has 10 heteroatoms. The molecular weight excluding hydrogens is 442 g/mol. The van der Waals surface area contributed by atoms with Gasteiger partial charge in [-0.25, -0.2) is 13.8 Å². The van der Waals surface area contributed by atoms with E-state index >= 15 is 0 Å². The van der Waals surface area contributed by atoms with E-state index in [1.165, 1.54) is 35.1 Å². The van der Waals surface area contributed by atoms with Gasteiger partial charge in [0.25, 0.3) is 5.91 Å². The fraction of sp³-hybridized carbons (Fsp3) is 0.0417. The quantitative estimate of drug-likeness (QED) is 0.405. The maximum absolute atomic E-state index is 14.5. The number of nitrogens with zero attached hydrogens (tertiary/aromatic N) is 5. The van der Waals surface area contributed by atoms with Crippen LogP contribution in [0.4, 0.5) is 14.5 Å². The molecule has 8 nitrogen and oxygen atoms in total. The molecule has 0 spiro atoms. The summed E-state index contributed by atoms with van der Waals surface area (Å²) in [5.74, 6) is -0.807. The summed E-state index contributed by atoms with van der Waals surface area (Å²) >= 11 is 0. The number of anilines is 1. The second kappa shape index (κ2) is 8.66. The molecule has 0 atom stereocenters. The summed E-state index contributed by atoms with van der Waals surface area (Å²) in [6.45, 7) is 1.70. The van der Waals surface area contributed by atoms with Crippen LogP contribution in [-0.2, 0) is 0 Å². The Labute approximate surface area is 191 Å². The zero-order valence-electron chi connectivity index (χ0n) is 17.7. The summed E-state index contributed by atoms with van der Waals surface area (Å²) in [4.78, 5) is 17.3. The highest BCUT2D eigenvalue weighted by Crippen LogP contribution is 2.30. The Hall–Kier alpha value is -4.73. The number of nitrogens with one attached hydrogen (secondary N) is 1. The first-order valence-electron chi connectivity index (χ1n) is 10.2. The number of carbonyl (C=O) groups excluding carboxylic acids is 1. The highest BCUT2D eigenvalue weighted by atomic mass is 19.1. The zero-order chi connectivity index (χ0) is 23.7. The van der Waals surface area contributed by atoms with Crippen LogP contribution >= 0.6 is 0 Å². The van der Waals surface area contributed by atoms with E-state index in [-0.39, 0.29) is 28.5 Å². The number of hydrogen-bond donors (Lipinski definition) is 1. The molecule has 0 fully saturated rings. The van der Waals surface area contributed by atoms with Crippen LogP contribution in [0.2, 0.25) is 0 Å². The van der Waals surface area contributed by atoms with Gasteiger partial charge in [0, 0.05) is 5.56 Å². The summed E-state index contributed by atoms with van der Waals surface area (Å²) in [5, 5.41) is 13.8. The molecule has 0 aliphatic rings. The van der Waals surface area contributed by atoms with Gasteiger partial charge in [-0.3, -0.25) is 4.79 Å². The second-order valence-electron chi connectivity index (χ2n) is 7.31. The highest BCUT2D eigenvalue weighted by Gasteiger charge is 2.19. The van der Waals surface area contributed by atoms with Crippen molar-refractivity contribution >= 4 is 11.6 Å². The molecule has 3 aromatic carbocycles. The minimum atomic E-state index is -0.627. The molecule has 0 aliphatic heterocycles. The van der Waals surface area contributed by atoms with Crippen LogP contribution < -0.4 is 5.32 Å². The Morgan fingerprint density at radius 3 is 2.50 bits per heavy atom. The van der Waals surface area contributed by atoms with Gasteiger partial charge in [-0.2, -0.15) is 4.68 Å². The Bertz CT molecular complexity index is 1510. The largest absolute Gasteiger partial charge is 0.436 e. The lowest BCUT2D eigenvalue weighted by molar-refractivity contribution is 0.102. The van der Waals surface area contributed by atoms with Crippen molar-refractivity contribution in [1.82, 2.24) is 25.2 Å². The van der Waals surface area contributed by atoms with Crippen LogP contribution in [0.1, 0.15) is 16.2 Å². The molecule has 0 saturated heterocycles. The third-order valence-electron chi connectivity index (χ3n) is 5.12. The van der Waals surface area contributed by atoms with Gasteiger partial charge in [0.2, 0.25) is 5.89 Å². The van der Waals surface area contributed by atoms with E-state index in [1.54, 1.807) is 49.4 Å². The summed E-state index contributed by atoms with van der Waals surface area (Å²) in [6, 6.07) is 16.9. The van der Waals surface area contributed by atoms with Crippen molar-refractivity contribution in [3.05, 3.63) is 95.9 Å². The van der Waals surface area contributed by atoms with Crippen molar-refractivity contribution in [1.29, 1.82) is 0 Å². The van der Waals surface area contributed by atoms with E-state index in [0.717, 1.165) is 0 Å². The van der Waals surface area contributed by atoms with Crippen LogP contribution in [0.3, 0.4) is 0 Å². The topological polar surface area (TPSA) is 98.7 Å². The number of rotatable bonds is 5. The van der Waals surface area contributed by atoms with Crippen LogP contribution in [0.15, 0.2) is 77.3 Å². The molecule has 5 rings (SSSR count). The number of oxazole rings is 1. The molecule has 1 N–H and O–H groups in total. The Kier molecular flexibility index (Phi) is 5.38. The van der Waals surface area contributed by atoms with Crippen LogP contribution in [0.25, 0.3) is 28.5 Å². The summed E-state index contributed by atoms with van der Waals surface area (Å²) in [6.07, 6.45) is 1.39. The molecule has 0 aliphatic carbocycles. The predicted molar refractivity (Wildman–Crippen MR) is 119 cm³/mol. The molecular formula is C24H16F2N6O2. The molecule has 0 bridgehead atoms. The number of benzene rings is 3. The first-order chi connectivity index (χ1) is 16.5. The van der Waals surface area contributed by atoms with Gasteiger partial charge in [-0.1, -0.05) is 24.3 Å². The first-order valence-corrected chi connectivity index (χ1v) is 10.2. The maximum Gasteiger partial charge on any atom is 0.256 e. The molecule has 168 valence electrons.